The minimum Gasteiger partial charge on any atom is -0.368 e. The van der Waals surface area contributed by atoms with Gasteiger partial charge in [-0.25, -0.2) is 0 Å². The molecular weight excluding hydrogens is 228 g/mol. The van der Waals surface area contributed by atoms with Crippen LogP contribution in [0.1, 0.15) is 31.4 Å². The zero-order valence-corrected chi connectivity index (χ0v) is 10.4. The quantitative estimate of drug-likeness (QED) is 0.847. The number of aromatic nitrogens is 2. The fourth-order valence-corrected chi connectivity index (χ4v) is 2.94. The van der Waals surface area contributed by atoms with Crippen molar-refractivity contribution < 1.29 is 4.79 Å². The molecule has 1 saturated carbocycles. The molecule has 0 bridgehead atoms. The fraction of sp³-hybridized carbons (Fsp3) is 0.615. The van der Waals surface area contributed by atoms with Crippen molar-refractivity contribution in [1.29, 1.82) is 0 Å². The summed E-state index contributed by atoms with van der Waals surface area (Å²) in [5.74, 6) is 0.444. The summed E-state index contributed by atoms with van der Waals surface area (Å²) in [4.78, 5) is 22.7. The number of nitrogens with zero attached hydrogens (tertiary/aromatic N) is 3. The highest BCUT2D eigenvalue weighted by Gasteiger charge is 2.50. The first kappa shape index (κ1) is 11.6. The molecule has 1 saturated heterocycles. The maximum Gasteiger partial charge on any atom is 0.244 e. The number of carbonyl (C=O) groups is 1. The van der Waals surface area contributed by atoms with Gasteiger partial charge in [-0.3, -0.25) is 19.7 Å². The van der Waals surface area contributed by atoms with Crippen molar-refractivity contribution >= 4 is 5.91 Å². The molecule has 2 fully saturated rings. The first-order valence-electron chi connectivity index (χ1n) is 6.55. The molecule has 2 aliphatic rings. The van der Waals surface area contributed by atoms with Crippen LogP contribution in [0, 0.1) is 5.92 Å². The van der Waals surface area contributed by atoms with E-state index in [0.717, 1.165) is 31.8 Å². The summed E-state index contributed by atoms with van der Waals surface area (Å²) >= 11 is 0. The molecule has 1 aromatic rings. The van der Waals surface area contributed by atoms with Crippen LogP contribution in [0.15, 0.2) is 18.6 Å². The van der Waals surface area contributed by atoms with Gasteiger partial charge in [0.2, 0.25) is 5.91 Å². The van der Waals surface area contributed by atoms with E-state index < -0.39 is 5.54 Å². The number of amides is 1. The second kappa shape index (κ2) is 4.31. The van der Waals surface area contributed by atoms with Gasteiger partial charge in [-0.15, -0.1) is 0 Å². The van der Waals surface area contributed by atoms with Crippen LogP contribution in [0.5, 0.6) is 0 Å². The molecule has 2 N–H and O–H groups in total. The Hall–Kier alpha value is -1.49. The molecule has 1 aliphatic heterocycles. The van der Waals surface area contributed by atoms with E-state index in [1.165, 1.54) is 12.8 Å². The van der Waals surface area contributed by atoms with Crippen molar-refractivity contribution in [3.63, 3.8) is 0 Å². The fourth-order valence-electron chi connectivity index (χ4n) is 2.94. The number of carbonyl (C=O) groups excluding carboxylic acids is 1. The molecule has 1 aromatic heterocycles. The first-order chi connectivity index (χ1) is 8.73. The van der Waals surface area contributed by atoms with Crippen molar-refractivity contribution in [2.75, 3.05) is 13.1 Å². The number of nitrogens with two attached hydrogens (primary N) is 1. The lowest BCUT2D eigenvalue weighted by Crippen LogP contribution is -2.52. The zero-order valence-electron chi connectivity index (χ0n) is 10.4. The lowest BCUT2D eigenvalue weighted by Gasteiger charge is -2.35. The molecule has 2 heterocycles. The highest BCUT2D eigenvalue weighted by atomic mass is 16.1. The van der Waals surface area contributed by atoms with Crippen molar-refractivity contribution in [3.05, 3.63) is 24.3 Å². The summed E-state index contributed by atoms with van der Waals surface area (Å²) in [5, 5.41) is 0. The Morgan fingerprint density at radius 1 is 1.50 bits per heavy atom. The highest BCUT2D eigenvalue weighted by Crippen LogP contribution is 2.41. The van der Waals surface area contributed by atoms with Crippen LogP contribution in [-0.4, -0.2) is 33.9 Å². The van der Waals surface area contributed by atoms with E-state index in [2.05, 4.69) is 14.9 Å². The van der Waals surface area contributed by atoms with Gasteiger partial charge in [0.05, 0.1) is 11.9 Å². The van der Waals surface area contributed by atoms with Crippen LogP contribution in [0.3, 0.4) is 0 Å². The Balaban J connectivity index is 1.96. The average molecular weight is 246 g/mol. The molecular formula is C13H18N4O. The van der Waals surface area contributed by atoms with Gasteiger partial charge in [0.1, 0.15) is 5.54 Å². The predicted octanol–water partition coefficient (Wildman–Crippen LogP) is 0.663. The molecule has 96 valence electrons. The summed E-state index contributed by atoms with van der Waals surface area (Å²) < 4.78 is 0. The monoisotopic (exact) mass is 246 g/mol. The average Bonchev–Trinajstić information content (AvgIpc) is 3.08. The molecule has 18 heavy (non-hydrogen) atoms. The first-order valence-corrected chi connectivity index (χ1v) is 6.55. The van der Waals surface area contributed by atoms with E-state index in [1.807, 2.05) is 0 Å². The lowest BCUT2D eigenvalue weighted by molar-refractivity contribution is -0.129. The minimum atomic E-state index is -0.725. The molecule has 1 aliphatic carbocycles. The summed E-state index contributed by atoms with van der Waals surface area (Å²) in [6.07, 6.45) is 9.22. The Morgan fingerprint density at radius 3 is 2.94 bits per heavy atom. The Labute approximate surface area is 106 Å². The number of primary amides is 1. The third-order valence-corrected chi connectivity index (χ3v) is 4.08. The van der Waals surface area contributed by atoms with Crippen molar-refractivity contribution in [3.8, 4) is 0 Å². The predicted molar refractivity (Wildman–Crippen MR) is 66.4 cm³/mol. The maximum absolute atomic E-state index is 12.0. The molecule has 0 radical (unpaired) electrons. The van der Waals surface area contributed by atoms with Crippen molar-refractivity contribution in [2.24, 2.45) is 11.7 Å². The number of hydrogen-bond donors (Lipinski definition) is 1. The van der Waals surface area contributed by atoms with Crippen LogP contribution >= 0.6 is 0 Å². The number of hydrogen-bond acceptors (Lipinski definition) is 4. The molecule has 1 amide bonds. The molecule has 1 atom stereocenters. The van der Waals surface area contributed by atoms with E-state index in [-0.39, 0.29) is 5.91 Å². The zero-order chi connectivity index (χ0) is 12.6. The molecule has 3 rings (SSSR count). The second-order valence-corrected chi connectivity index (χ2v) is 5.31. The summed E-state index contributed by atoms with van der Waals surface area (Å²) in [6.45, 7) is 1.88. The Morgan fingerprint density at radius 2 is 2.33 bits per heavy atom. The normalized spacial score (nSPS) is 28.4. The standard InChI is InChI=1S/C13H18N4O/c14-12(18)13(11-8-15-5-6-16-11)4-1-7-17(13)9-10-2-3-10/h5-6,8,10H,1-4,7,9H2,(H2,14,18)/t13-/m0/s1. The van der Waals surface area contributed by atoms with Gasteiger partial charge in [-0.1, -0.05) is 0 Å². The Kier molecular flexibility index (Phi) is 2.78. The lowest BCUT2D eigenvalue weighted by atomic mass is 9.91. The molecule has 5 nitrogen and oxygen atoms in total. The van der Waals surface area contributed by atoms with E-state index in [9.17, 15) is 4.79 Å². The van der Waals surface area contributed by atoms with E-state index in [1.54, 1.807) is 18.6 Å². The SMILES string of the molecule is NC(=O)[C@@]1(c2cnccn2)CCCN1CC1CC1. The topological polar surface area (TPSA) is 72.1 Å². The van der Waals surface area contributed by atoms with Gasteiger partial charge < -0.3 is 5.73 Å². The summed E-state index contributed by atoms with van der Waals surface area (Å²) in [7, 11) is 0. The van der Waals surface area contributed by atoms with Crippen LogP contribution in [0.2, 0.25) is 0 Å². The third-order valence-electron chi connectivity index (χ3n) is 4.08. The largest absolute Gasteiger partial charge is 0.368 e. The van der Waals surface area contributed by atoms with Gasteiger partial charge in [0.15, 0.2) is 0 Å². The van der Waals surface area contributed by atoms with E-state index in [0.29, 0.717) is 5.69 Å². The molecule has 0 spiro atoms. The third kappa shape index (κ3) is 1.79. The summed E-state index contributed by atoms with van der Waals surface area (Å²) in [5.41, 5.74) is 5.68. The highest BCUT2D eigenvalue weighted by molar-refractivity contribution is 5.86. The van der Waals surface area contributed by atoms with Gasteiger partial charge in [0.25, 0.3) is 0 Å². The minimum absolute atomic E-state index is 0.291. The van der Waals surface area contributed by atoms with Crippen LogP contribution < -0.4 is 5.73 Å². The molecule has 0 unspecified atom stereocenters. The second-order valence-electron chi connectivity index (χ2n) is 5.31. The van der Waals surface area contributed by atoms with E-state index in [4.69, 9.17) is 5.73 Å². The molecule has 5 heteroatoms. The Bertz CT molecular complexity index is 446. The molecule has 0 aromatic carbocycles. The summed E-state index contributed by atoms with van der Waals surface area (Å²) in [6, 6.07) is 0. The van der Waals surface area contributed by atoms with Crippen LogP contribution in [0.25, 0.3) is 0 Å². The van der Waals surface area contributed by atoms with Crippen LogP contribution in [0.4, 0.5) is 0 Å². The van der Waals surface area contributed by atoms with E-state index >= 15 is 0 Å². The van der Waals surface area contributed by atoms with Gasteiger partial charge in [-0.2, -0.15) is 0 Å². The van der Waals surface area contributed by atoms with Gasteiger partial charge in [0, 0.05) is 18.9 Å². The number of rotatable bonds is 4. The number of likely N-dealkylation sites (tertiary alicyclic amines) is 1. The van der Waals surface area contributed by atoms with Crippen molar-refractivity contribution in [2.45, 2.75) is 31.2 Å². The smallest absolute Gasteiger partial charge is 0.244 e. The van der Waals surface area contributed by atoms with Crippen molar-refractivity contribution in [1.82, 2.24) is 14.9 Å². The maximum atomic E-state index is 12.0. The van der Waals surface area contributed by atoms with Crippen LogP contribution in [-0.2, 0) is 10.3 Å². The van der Waals surface area contributed by atoms with Gasteiger partial charge in [-0.05, 0) is 38.1 Å². The van der Waals surface area contributed by atoms with Gasteiger partial charge >= 0.3 is 0 Å².